The Morgan fingerprint density at radius 2 is 1.82 bits per heavy atom. The van der Waals surface area contributed by atoms with Crippen molar-refractivity contribution in [3.05, 3.63) is 95.1 Å². The van der Waals surface area contributed by atoms with Crippen molar-refractivity contribution in [1.82, 2.24) is 5.01 Å². The highest BCUT2D eigenvalue weighted by molar-refractivity contribution is 8.15. The third kappa shape index (κ3) is 5.45. The lowest BCUT2D eigenvalue weighted by molar-refractivity contribution is -0.121. The summed E-state index contributed by atoms with van der Waals surface area (Å²) in [6, 6.07) is 18.6. The smallest absolute Gasteiger partial charge is 0.262 e. The van der Waals surface area contributed by atoms with Crippen LogP contribution in [-0.4, -0.2) is 40.1 Å². The molecular weight excluding hydrogens is 510 g/mol. The number of aryl methyl sites for hydroxylation is 1. The molecule has 0 aliphatic carbocycles. The summed E-state index contributed by atoms with van der Waals surface area (Å²) in [5.41, 5.74) is 4.07. The highest BCUT2D eigenvalue weighted by Crippen LogP contribution is 2.39. The number of halogens is 2. The van der Waals surface area contributed by atoms with E-state index < -0.39 is 28.7 Å². The van der Waals surface area contributed by atoms with Crippen LogP contribution in [0.3, 0.4) is 0 Å². The number of amides is 2. The molecule has 7 nitrogen and oxygen atoms in total. The van der Waals surface area contributed by atoms with Crippen molar-refractivity contribution in [1.29, 1.82) is 0 Å². The zero-order valence-electron chi connectivity index (χ0n) is 20.7. The first-order chi connectivity index (χ1) is 18.3. The van der Waals surface area contributed by atoms with Crippen LogP contribution in [0.25, 0.3) is 0 Å². The highest BCUT2D eigenvalue weighted by Gasteiger charge is 2.39. The number of nitrogens with one attached hydrogen (secondary N) is 1. The molecule has 2 unspecified atom stereocenters. The van der Waals surface area contributed by atoms with Crippen molar-refractivity contribution in [2.75, 3.05) is 12.4 Å². The van der Waals surface area contributed by atoms with Gasteiger partial charge in [0.05, 0.1) is 18.9 Å². The number of rotatable bonds is 6. The van der Waals surface area contributed by atoms with E-state index in [0.29, 0.717) is 11.6 Å². The molecule has 2 amide bonds. The molecule has 2 heterocycles. The largest absolute Gasteiger partial charge is 0.497 e. The third-order valence-corrected chi connectivity index (χ3v) is 7.44. The second-order valence-electron chi connectivity index (χ2n) is 8.97. The fourth-order valence-electron chi connectivity index (χ4n) is 4.25. The predicted molar refractivity (Wildman–Crippen MR) is 143 cm³/mol. The van der Waals surface area contributed by atoms with Gasteiger partial charge in [-0.25, -0.2) is 13.8 Å². The second kappa shape index (κ2) is 10.7. The molecular formula is C28H24F2N4O3S. The number of methoxy groups -OCH3 is 1. The summed E-state index contributed by atoms with van der Waals surface area (Å²) < 4.78 is 32.0. The van der Waals surface area contributed by atoms with Crippen molar-refractivity contribution in [2.45, 2.75) is 31.1 Å². The molecule has 38 heavy (non-hydrogen) atoms. The molecule has 0 aromatic heterocycles. The van der Waals surface area contributed by atoms with E-state index in [9.17, 15) is 18.4 Å². The number of ether oxygens (including phenoxy) is 1. The minimum Gasteiger partial charge on any atom is -0.497 e. The van der Waals surface area contributed by atoms with Gasteiger partial charge in [-0.15, -0.1) is 0 Å². The van der Waals surface area contributed by atoms with E-state index in [2.05, 4.69) is 10.3 Å². The molecule has 0 saturated carbocycles. The fourth-order valence-corrected chi connectivity index (χ4v) is 5.31. The van der Waals surface area contributed by atoms with Gasteiger partial charge in [-0.2, -0.15) is 10.1 Å². The predicted octanol–water partition coefficient (Wildman–Crippen LogP) is 5.46. The van der Waals surface area contributed by atoms with Gasteiger partial charge in [-0.05, 0) is 42.3 Å². The van der Waals surface area contributed by atoms with E-state index >= 15 is 0 Å². The monoisotopic (exact) mass is 534 g/mol. The molecule has 0 spiro atoms. The van der Waals surface area contributed by atoms with Gasteiger partial charge in [-0.1, -0.05) is 53.7 Å². The zero-order chi connectivity index (χ0) is 26.8. The number of hydrogen-bond acceptors (Lipinski definition) is 6. The average molecular weight is 535 g/mol. The maximum atomic E-state index is 13.5. The number of aliphatic imine (C=N–C) groups is 1. The summed E-state index contributed by atoms with van der Waals surface area (Å²) in [6.07, 6.45) is 0.426. The molecule has 2 aliphatic heterocycles. The lowest BCUT2D eigenvalue weighted by Crippen LogP contribution is -2.25. The molecule has 1 N–H and O–H groups in total. The van der Waals surface area contributed by atoms with E-state index in [0.717, 1.165) is 40.3 Å². The van der Waals surface area contributed by atoms with E-state index in [1.807, 2.05) is 55.5 Å². The first-order valence-corrected chi connectivity index (χ1v) is 12.8. The molecule has 2 aliphatic rings. The third-order valence-electron chi connectivity index (χ3n) is 6.29. The summed E-state index contributed by atoms with van der Waals surface area (Å²) in [5.74, 6) is -2.30. The van der Waals surface area contributed by atoms with Crippen LogP contribution in [0.15, 0.2) is 76.8 Å². The molecule has 5 rings (SSSR count). The molecule has 3 aromatic rings. The van der Waals surface area contributed by atoms with Gasteiger partial charge in [0.15, 0.2) is 16.8 Å². The number of carbonyl (C=O) groups is 2. The van der Waals surface area contributed by atoms with Crippen LogP contribution in [0, 0.1) is 18.6 Å². The maximum absolute atomic E-state index is 13.5. The molecule has 0 bridgehead atoms. The van der Waals surface area contributed by atoms with Gasteiger partial charge in [0, 0.05) is 24.6 Å². The van der Waals surface area contributed by atoms with Crippen LogP contribution in [0.2, 0.25) is 0 Å². The minimum absolute atomic E-state index is 0.108. The quantitative estimate of drug-likeness (QED) is 0.454. The Morgan fingerprint density at radius 1 is 1.08 bits per heavy atom. The molecule has 0 fully saturated rings. The Bertz CT molecular complexity index is 1440. The molecule has 0 radical (unpaired) electrons. The number of nitrogens with zero attached hydrogens (tertiary/aromatic N) is 3. The first-order valence-electron chi connectivity index (χ1n) is 11.9. The summed E-state index contributed by atoms with van der Waals surface area (Å²) in [6.45, 7) is 2.02. The minimum atomic E-state index is -1.07. The molecule has 2 atom stereocenters. The van der Waals surface area contributed by atoms with Gasteiger partial charge < -0.3 is 10.1 Å². The normalized spacial score (nSPS) is 18.8. The SMILES string of the molecule is COc1ccc(C2CC(c3ccc(C)cc3)=NN2C2=NC(=O)C(CC(=O)Nc3ccc(F)c(F)c3)S2)cc1. The second-order valence-corrected chi connectivity index (χ2v) is 10.1. The number of hydrogen-bond donors (Lipinski definition) is 1. The standard InChI is InChI=1S/C28H24F2N4O3S/c1-16-3-5-17(6-4-16)23-14-24(18-7-10-20(37-2)11-8-18)34(33-23)28-32-27(36)25(38-28)15-26(35)31-19-9-12-21(29)22(30)13-19/h3-13,24-25H,14-15H2,1-2H3,(H,31,35). The lowest BCUT2D eigenvalue weighted by atomic mass is 9.98. The van der Waals surface area contributed by atoms with Gasteiger partial charge in [0.2, 0.25) is 5.91 Å². The lowest BCUT2D eigenvalue weighted by Gasteiger charge is -2.23. The summed E-state index contributed by atoms with van der Waals surface area (Å²) in [7, 11) is 1.61. The Morgan fingerprint density at radius 3 is 2.50 bits per heavy atom. The molecule has 0 saturated heterocycles. The van der Waals surface area contributed by atoms with Crippen LogP contribution < -0.4 is 10.1 Å². The van der Waals surface area contributed by atoms with Crippen molar-refractivity contribution in [2.24, 2.45) is 10.1 Å². The number of benzene rings is 3. The van der Waals surface area contributed by atoms with Crippen molar-refractivity contribution in [3.63, 3.8) is 0 Å². The zero-order valence-corrected chi connectivity index (χ0v) is 21.5. The van der Waals surface area contributed by atoms with E-state index in [-0.39, 0.29) is 18.2 Å². The van der Waals surface area contributed by atoms with E-state index in [1.165, 1.54) is 17.8 Å². The van der Waals surface area contributed by atoms with Crippen LogP contribution >= 0.6 is 11.8 Å². The van der Waals surface area contributed by atoms with Crippen molar-refractivity contribution >= 4 is 40.1 Å². The van der Waals surface area contributed by atoms with Crippen molar-refractivity contribution in [3.8, 4) is 5.75 Å². The highest BCUT2D eigenvalue weighted by atomic mass is 32.2. The van der Waals surface area contributed by atoms with E-state index in [1.54, 1.807) is 12.1 Å². The number of amidine groups is 1. The summed E-state index contributed by atoms with van der Waals surface area (Å²) in [5, 5.41) is 8.74. The number of carbonyl (C=O) groups excluding carboxylic acids is 2. The molecule has 10 heteroatoms. The first kappa shape index (κ1) is 25.6. The van der Waals surface area contributed by atoms with Crippen LogP contribution in [0.5, 0.6) is 5.75 Å². The number of thioether (sulfide) groups is 1. The van der Waals surface area contributed by atoms with Gasteiger partial charge in [0.1, 0.15) is 11.0 Å². The van der Waals surface area contributed by atoms with Crippen LogP contribution in [-0.2, 0) is 9.59 Å². The molecule has 194 valence electrons. The molecule has 3 aromatic carbocycles. The van der Waals surface area contributed by atoms with Crippen molar-refractivity contribution < 1.29 is 23.1 Å². The van der Waals surface area contributed by atoms with Gasteiger partial charge >= 0.3 is 0 Å². The average Bonchev–Trinajstić information content (AvgIpc) is 3.50. The fraction of sp³-hybridized carbons (Fsp3) is 0.214. The number of anilines is 1. The maximum Gasteiger partial charge on any atom is 0.262 e. The van der Waals surface area contributed by atoms with Crippen LogP contribution in [0.4, 0.5) is 14.5 Å². The van der Waals surface area contributed by atoms with Gasteiger partial charge in [0.25, 0.3) is 5.91 Å². The summed E-state index contributed by atoms with van der Waals surface area (Å²) >= 11 is 1.17. The van der Waals surface area contributed by atoms with Gasteiger partial charge in [-0.3, -0.25) is 9.59 Å². The Labute approximate surface area is 222 Å². The number of hydrazone groups is 1. The Balaban J connectivity index is 1.34. The van der Waals surface area contributed by atoms with Crippen LogP contribution in [0.1, 0.15) is 35.6 Å². The van der Waals surface area contributed by atoms with E-state index in [4.69, 9.17) is 9.84 Å². The summed E-state index contributed by atoms with van der Waals surface area (Å²) in [4.78, 5) is 29.5. The Kier molecular flexibility index (Phi) is 7.24. The topological polar surface area (TPSA) is 83.4 Å². The Hall–Kier alpha value is -4.05.